The van der Waals surface area contributed by atoms with E-state index in [0.717, 1.165) is 27.6 Å². The number of H-pyrrole nitrogens is 1. The average molecular weight is 399 g/mol. The van der Waals surface area contributed by atoms with Crippen LogP contribution in [-0.2, 0) is 0 Å². The van der Waals surface area contributed by atoms with Crippen molar-refractivity contribution in [2.45, 2.75) is 0 Å². The summed E-state index contributed by atoms with van der Waals surface area (Å²) < 4.78 is 0. The van der Waals surface area contributed by atoms with Gasteiger partial charge in [0.25, 0.3) is 5.91 Å². The molecule has 1 amide bonds. The Bertz CT molecular complexity index is 1250. The number of nitrogens with zero attached hydrogens (tertiary/aromatic N) is 2. The highest BCUT2D eigenvalue weighted by Gasteiger charge is 2.18. The van der Waals surface area contributed by atoms with Crippen molar-refractivity contribution in [2.75, 3.05) is 0 Å². The maximum Gasteiger partial charge on any atom is 0.288 e. The van der Waals surface area contributed by atoms with E-state index in [9.17, 15) is 4.79 Å². The van der Waals surface area contributed by atoms with E-state index in [1.165, 1.54) is 6.21 Å². The molecule has 3 aromatic carbocycles. The number of rotatable bonds is 4. The fourth-order valence-electron chi connectivity index (χ4n) is 3.09. The number of aromatic amines is 1. The highest BCUT2D eigenvalue weighted by molar-refractivity contribution is 6.30. The number of amides is 1. The van der Waals surface area contributed by atoms with Gasteiger partial charge in [-0.15, -0.1) is 0 Å². The van der Waals surface area contributed by atoms with Gasteiger partial charge in [0.05, 0.1) is 17.8 Å². The molecule has 29 heavy (non-hydrogen) atoms. The lowest BCUT2D eigenvalue weighted by Crippen LogP contribution is -2.18. The van der Waals surface area contributed by atoms with Crippen molar-refractivity contribution < 1.29 is 4.79 Å². The molecule has 0 radical (unpaired) electrons. The van der Waals surface area contributed by atoms with Gasteiger partial charge in [-0.3, -0.25) is 4.79 Å². The topological polar surface area (TPSA) is 81.0 Å². The summed E-state index contributed by atoms with van der Waals surface area (Å²) in [6.45, 7) is 0. The van der Waals surface area contributed by atoms with E-state index in [1.807, 2.05) is 36.4 Å². The van der Waals surface area contributed by atoms with E-state index in [0.29, 0.717) is 16.3 Å². The molecule has 4 aromatic rings. The number of carbonyl (C=O) groups excluding carboxylic acids is 1. The van der Waals surface area contributed by atoms with Crippen LogP contribution >= 0.6 is 11.6 Å². The first kappa shape index (κ1) is 18.5. The van der Waals surface area contributed by atoms with Crippen molar-refractivity contribution >= 4 is 34.6 Å². The van der Waals surface area contributed by atoms with Crippen molar-refractivity contribution in [1.29, 1.82) is 5.26 Å². The summed E-state index contributed by atoms with van der Waals surface area (Å²) in [5.74, 6) is -0.351. The van der Waals surface area contributed by atoms with Crippen molar-refractivity contribution in [1.82, 2.24) is 10.4 Å². The Morgan fingerprint density at radius 1 is 1.03 bits per heavy atom. The summed E-state index contributed by atoms with van der Waals surface area (Å²) in [4.78, 5) is 16.0. The number of halogens is 1. The van der Waals surface area contributed by atoms with E-state index in [1.54, 1.807) is 36.4 Å². The van der Waals surface area contributed by atoms with Gasteiger partial charge >= 0.3 is 0 Å². The minimum atomic E-state index is -0.351. The quantitative estimate of drug-likeness (QED) is 0.369. The Labute approximate surface area is 172 Å². The van der Waals surface area contributed by atoms with E-state index in [4.69, 9.17) is 16.9 Å². The summed E-state index contributed by atoms with van der Waals surface area (Å²) in [5, 5.41) is 14.5. The molecule has 0 unspecified atom stereocenters. The van der Waals surface area contributed by atoms with Gasteiger partial charge in [0.1, 0.15) is 5.69 Å². The zero-order valence-corrected chi connectivity index (χ0v) is 15.9. The number of hydrogen-bond acceptors (Lipinski definition) is 3. The number of nitrogens with one attached hydrogen (secondary N) is 2. The lowest BCUT2D eigenvalue weighted by atomic mass is 10.0. The van der Waals surface area contributed by atoms with Crippen LogP contribution < -0.4 is 5.43 Å². The third-order valence-corrected chi connectivity index (χ3v) is 4.74. The van der Waals surface area contributed by atoms with Gasteiger partial charge in [-0.05, 0) is 41.5 Å². The summed E-state index contributed by atoms with van der Waals surface area (Å²) in [5.41, 5.74) is 6.87. The molecular weight excluding hydrogens is 384 g/mol. The molecule has 0 spiro atoms. The number of fused-ring (bicyclic) bond motifs is 1. The molecule has 0 aliphatic rings. The predicted octanol–water partition coefficient (Wildman–Crippen LogP) is 5.12. The van der Waals surface area contributed by atoms with Crippen LogP contribution in [0.5, 0.6) is 0 Å². The van der Waals surface area contributed by atoms with Gasteiger partial charge in [0.15, 0.2) is 0 Å². The first-order valence-corrected chi connectivity index (χ1v) is 9.24. The molecule has 4 rings (SSSR count). The second-order valence-corrected chi connectivity index (χ2v) is 6.80. The Kier molecular flexibility index (Phi) is 5.10. The molecule has 0 aliphatic heterocycles. The minimum absolute atomic E-state index is 0.351. The number of hydrogen-bond donors (Lipinski definition) is 2. The molecule has 6 heteroatoms. The normalized spacial score (nSPS) is 10.9. The number of benzene rings is 3. The summed E-state index contributed by atoms with van der Waals surface area (Å²) in [6.07, 6.45) is 1.53. The van der Waals surface area contributed by atoms with E-state index < -0.39 is 0 Å². The minimum Gasteiger partial charge on any atom is -0.350 e. The number of para-hydroxylation sites is 1. The third-order valence-electron chi connectivity index (χ3n) is 4.49. The fourth-order valence-corrected chi connectivity index (χ4v) is 3.22. The Morgan fingerprint density at radius 2 is 1.76 bits per heavy atom. The van der Waals surface area contributed by atoms with E-state index in [-0.39, 0.29) is 5.91 Å². The van der Waals surface area contributed by atoms with Crippen LogP contribution in [0.3, 0.4) is 0 Å². The van der Waals surface area contributed by atoms with Crippen LogP contribution in [0.15, 0.2) is 77.9 Å². The molecule has 1 aromatic heterocycles. The van der Waals surface area contributed by atoms with Crippen molar-refractivity contribution in [3.63, 3.8) is 0 Å². The van der Waals surface area contributed by atoms with Crippen LogP contribution in [0.2, 0.25) is 5.02 Å². The SMILES string of the molecule is N#Cc1ccc(/C=N/NC(=O)c2[nH]c3ccccc3c2-c2ccc(Cl)cc2)cc1. The maximum atomic E-state index is 12.8. The lowest BCUT2D eigenvalue weighted by Gasteiger charge is -2.05. The maximum absolute atomic E-state index is 12.8. The molecule has 140 valence electrons. The third kappa shape index (κ3) is 3.88. The first-order valence-electron chi connectivity index (χ1n) is 8.86. The van der Waals surface area contributed by atoms with E-state index in [2.05, 4.69) is 21.6 Å². The molecule has 0 aliphatic carbocycles. The van der Waals surface area contributed by atoms with Gasteiger partial charge in [0.2, 0.25) is 0 Å². The van der Waals surface area contributed by atoms with Crippen molar-refractivity contribution in [3.05, 3.63) is 94.6 Å². The zero-order valence-electron chi connectivity index (χ0n) is 15.2. The highest BCUT2D eigenvalue weighted by Crippen LogP contribution is 2.33. The fraction of sp³-hybridized carbons (Fsp3) is 0. The molecule has 0 bridgehead atoms. The van der Waals surface area contributed by atoms with Gasteiger partial charge in [-0.2, -0.15) is 10.4 Å². The van der Waals surface area contributed by atoms with Crippen LogP contribution in [0, 0.1) is 11.3 Å². The monoisotopic (exact) mass is 398 g/mol. The van der Waals surface area contributed by atoms with Crippen LogP contribution in [-0.4, -0.2) is 17.1 Å². The van der Waals surface area contributed by atoms with Crippen LogP contribution in [0.4, 0.5) is 0 Å². The van der Waals surface area contributed by atoms with Crippen LogP contribution in [0.25, 0.3) is 22.0 Å². The molecule has 2 N–H and O–H groups in total. The highest BCUT2D eigenvalue weighted by atomic mass is 35.5. The Morgan fingerprint density at radius 3 is 2.48 bits per heavy atom. The number of carbonyl (C=O) groups is 1. The molecule has 5 nitrogen and oxygen atoms in total. The van der Waals surface area contributed by atoms with E-state index >= 15 is 0 Å². The number of hydrazone groups is 1. The van der Waals surface area contributed by atoms with Crippen molar-refractivity contribution in [3.8, 4) is 17.2 Å². The molecule has 1 heterocycles. The Hall–Kier alpha value is -3.88. The first-order chi connectivity index (χ1) is 14.2. The number of nitriles is 1. The predicted molar refractivity (Wildman–Crippen MR) is 115 cm³/mol. The molecule has 0 fully saturated rings. The standard InChI is InChI=1S/C23H15ClN4O/c24-18-11-9-17(10-12-18)21-19-3-1-2-4-20(19)27-22(21)23(29)28-26-14-16-7-5-15(13-25)6-8-16/h1-12,14,27H,(H,28,29)/b26-14+. The van der Waals surface area contributed by atoms with Gasteiger partial charge in [-0.25, -0.2) is 5.43 Å². The summed E-state index contributed by atoms with van der Waals surface area (Å²) in [6, 6.07) is 24.1. The largest absolute Gasteiger partial charge is 0.350 e. The van der Waals surface area contributed by atoms with Gasteiger partial charge in [0, 0.05) is 21.5 Å². The van der Waals surface area contributed by atoms with Gasteiger partial charge in [-0.1, -0.05) is 54.1 Å². The lowest BCUT2D eigenvalue weighted by molar-refractivity contribution is 0.0951. The zero-order chi connectivity index (χ0) is 20.2. The molecule has 0 atom stereocenters. The molecular formula is C23H15ClN4O. The second kappa shape index (κ2) is 8.01. The number of aromatic nitrogens is 1. The smallest absolute Gasteiger partial charge is 0.288 e. The Balaban J connectivity index is 1.65. The molecule has 0 saturated heterocycles. The summed E-state index contributed by atoms with van der Waals surface area (Å²) >= 11 is 6.02. The van der Waals surface area contributed by atoms with Gasteiger partial charge < -0.3 is 4.98 Å². The summed E-state index contributed by atoms with van der Waals surface area (Å²) in [7, 11) is 0. The molecule has 0 saturated carbocycles. The van der Waals surface area contributed by atoms with Crippen molar-refractivity contribution in [2.24, 2.45) is 5.10 Å². The van der Waals surface area contributed by atoms with Crippen LogP contribution in [0.1, 0.15) is 21.6 Å². The second-order valence-electron chi connectivity index (χ2n) is 6.36. The average Bonchev–Trinajstić information content (AvgIpc) is 3.14.